The van der Waals surface area contributed by atoms with Gasteiger partial charge in [0.25, 0.3) is 0 Å². The molecule has 0 heterocycles. The highest BCUT2D eigenvalue weighted by atomic mass is 79.9. The maximum Gasteiger partial charge on any atom is 0.0120 e. The van der Waals surface area contributed by atoms with E-state index in [1.54, 1.807) is 0 Å². The maximum atomic E-state index is 3.65. The van der Waals surface area contributed by atoms with Crippen molar-refractivity contribution < 1.29 is 0 Å². The number of rotatable bonds is 2. The van der Waals surface area contributed by atoms with Crippen LogP contribution in [0.5, 0.6) is 0 Å². The Morgan fingerprint density at radius 1 is 1.50 bits per heavy atom. The smallest absolute Gasteiger partial charge is 0.0120 e. The lowest BCUT2D eigenvalue weighted by molar-refractivity contribution is 0.174. The van der Waals surface area contributed by atoms with Gasteiger partial charge >= 0.3 is 0 Å². The average Bonchev–Trinajstić information content (AvgIpc) is 1.82. The van der Waals surface area contributed by atoms with E-state index in [2.05, 4.69) is 36.7 Å². The van der Waals surface area contributed by atoms with Crippen molar-refractivity contribution in [2.24, 2.45) is 11.3 Å². The molecule has 2 atom stereocenters. The molecule has 1 rings (SSSR count). The monoisotopic (exact) mass is 232 g/mol. The molecule has 0 aromatic carbocycles. The number of hydrogen-bond donors (Lipinski definition) is 0. The van der Waals surface area contributed by atoms with Crippen molar-refractivity contribution in [2.45, 2.75) is 57.7 Å². The van der Waals surface area contributed by atoms with E-state index in [0.717, 1.165) is 5.92 Å². The van der Waals surface area contributed by atoms with Gasteiger partial charge in [0.15, 0.2) is 0 Å². The minimum Gasteiger partial charge on any atom is -0.0894 e. The highest BCUT2D eigenvalue weighted by Crippen LogP contribution is 2.40. The van der Waals surface area contributed by atoms with Crippen LogP contribution < -0.4 is 0 Å². The first-order valence-electron chi connectivity index (χ1n) is 5.14. The summed E-state index contributed by atoms with van der Waals surface area (Å²) in [6.45, 7) is 7.09. The Hall–Kier alpha value is 0.480. The van der Waals surface area contributed by atoms with Crippen molar-refractivity contribution in [1.29, 1.82) is 0 Å². The van der Waals surface area contributed by atoms with Crippen LogP contribution in [-0.2, 0) is 0 Å². The first-order valence-corrected chi connectivity index (χ1v) is 6.05. The molecule has 0 aliphatic heterocycles. The normalized spacial score (nSPS) is 31.5. The van der Waals surface area contributed by atoms with E-state index in [1.807, 2.05) is 0 Å². The van der Waals surface area contributed by atoms with Crippen molar-refractivity contribution in [1.82, 2.24) is 0 Å². The molecule has 0 spiro atoms. The molecule has 0 amide bonds. The summed E-state index contributed by atoms with van der Waals surface area (Å²) in [6, 6.07) is 0. The second-order valence-electron chi connectivity index (χ2n) is 5.14. The van der Waals surface area contributed by atoms with Gasteiger partial charge in [-0.2, -0.15) is 0 Å². The molecule has 0 aromatic rings. The largest absolute Gasteiger partial charge is 0.0894 e. The van der Waals surface area contributed by atoms with Gasteiger partial charge in [0.1, 0.15) is 0 Å². The summed E-state index contributed by atoms with van der Waals surface area (Å²) < 4.78 is 0. The first-order chi connectivity index (χ1) is 5.49. The average molecular weight is 233 g/mol. The Morgan fingerprint density at radius 3 is 2.67 bits per heavy atom. The highest BCUT2D eigenvalue weighted by Gasteiger charge is 2.28. The van der Waals surface area contributed by atoms with Gasteiger partial charge in [0, 0.05) is 4.83 Å². The topological polar surface area (TPSA) is 0 Å². The van der Waals surface area contributed by atoms with Crippen LogP contribution in [0.15, 0.2) is 0 Å². The molecule has 0 radical (unpaired) electrons. The predicted octanol–water partition coefficient (Wildman–Crippen LogP) is 4.38. The third-order valence-electron chi connectivity index (χ3n) is 2.97. The summed E-state index contributed by atoms with van der Waals surface area (Å²) in [5.74, 6) is 0.975. The van der Waals surface area contributed by atoms with E-state index in [4.69, 9.17) is 0 Å². The standard InChI is InChI=1S/C11H21Br/c1-9(12)7-10-5-4-6-11(2,3)8-10/h9-10H,4-8H2,1-3H3. The van der Waals surface area contributed by atoms with Crippen LogP contribution in [0.4, 0.5) is 0 Å². The molecular formula is C11H21Br. The van der Waals surface area contributed by atoms with Crippen LogP contribution >= 0.6 is 15.9 Å². The zero-order valence-electron chi connectivity index (χ0n) is 8.57. The van der Waals surface area contributed by atoms with E-state index >= 15 is 0 Å². The molecule has 0 N–H and O–H groups in total. The molecule has 1 heteroatoms. The Balaban J connectivity index is 2.36. The maximum absolute atomic E-state index is 3.65. The zero-order chi connectivity index (χ0) is 9.19. The Morgan fingerprint density at radius 2 is 2.17 bits per heavy atom. The number of halogens is 1. The van der Waals surface area contributed by atoms with Crippen molar-refractivity contribution in [2.75, 3.05) is 0 Å². The van der Waals surface area contributed by atoms with Crippen molar-refractivity contribution in [3.05, 3.63) is 0 Å². The van der Waals surface area contributed by atoms with Crippen LogP contribution in [0, 0.1) is 11.3 Å². The van der Waals surface area contributed by atoms with Gasteiger partial charge in [-0.3, -0.25) is 0 Å². The minimum absolute atomic E-state index is 0.616. The van der Waals surface area contributed by atoms with Crippen LogP contribution in [0.2, 0.25) is 0 Å². The minimum atomic E-state index is 0.616. The van der Waals surface area contributed by atoms with Crippen LogP contribution in [0.1, 0.15) is 52.9 Å². The molecule has 1 aliphatic carbocycles. The molecule has 72 valence electrons. The summed E-state index contributed by atoms with van der Waals surface area (Å²) in [5.41, 5.74) is 0.616. The van der Waals surface area contributed by atoms with Gasteiger partial charge in [-0.1, -0.05) is 49.5 Å². The molecule has 1 fully saturated rings. The van der Waals surface area contributed by atoms with Crippen molar-refractivity contribution >= 4 is 15.9 Å². The second kappa shape index (κ2) is 4.13. The zero-order valence-corrected chi connectivity index (χ0v) is 10.2. The fourth-order valence-corrected chi connectivity index (χ4v) is 3.04. The Kier molecular flexibility index (Phi) is 3.63. The van der Waals surface area contributed by atoms with Gasteiger partial charge in [-0.25, -0.2) is 0 Å². The summed E-state index contributed by atoms with van der Waals surface area (Å²) in [7, 11) is 0. The van der Waals surface area contributed by atoms with Gasteiger partial charge in [-0.15, -0.1) is 0 Å². The van der Waals surface area contributed by atoms with E-state index in [9.17, 15) is 0 Å². The molecule has 12 heavy (non-hydrogen) atoms. The third-order valence-corrected chi connectivity index (χ3v) is 3.34. The van der Waals surface area contributed by atoms with Crippen molar-refractivity contribution in [3.63, 3.8) is 0 Å². The summed E-state index contributed by atoms with van der Waals surface area (Å²) in [6.07, 6.45) is 7.13. The van der Waals surface area contributed by atoms with Gasteiger partial charge in [-0.05, 0) is 30.6 Å². The summed E-state index contributed by atoms with van der Waals surface area (Å²) >= 11 is 3.65. The number of alkyl halides is 1. The first kappa shape index (κ1) is 10.6. The fraction of sp³-hybridized carbons (Fsp3) is 1.00. The quantitative estimate of drug-likeness (QED) is 0.621. The molecule has 0 saturated heterocycles. The summed E-state index contributed by atoms with van der Waals surface area (Å²) in [5, 5.41) is 0. The molecule has 0 nitrogen and oxygen atoms in total. The number of hydrogen-bond acceptors (Lipinski definition) is 0. The van der Waals surface area contributed by atoms with Crippen LogP contribution in [-0.4, -0.2) is 4.83 Å². The molecule has 0 aromatic heterocycles. The lowest BCUT2D eigenvalue weighted by Crippen LogP contribution is -2.23. The second-order valence-corrected chi connectivity index (χ2v) is 6.71. The molecule has 0 bridgehead atoms. The molecule has 2 unspecified atom stereocenters. The third kappa shape index (κ3) is 3.47. The lowest BCUT2D eigenvalue weighted by atomic mass is 9.71. The SMILES string of the molecule is CC(Br)CC1CCCC(C)(C)C1. The summed E-state index contributed by atoms with van der Waals surface area (Å²) in [4.78, 5) is 0.705. The van der Waals surface area contributed by atoms with E-state index in [1.165, 1.54) is 32.1 Å². The van der Waals surface area contributed by atoms with E-state index in [0.29, 0.717) is 10.2 Å². The van der Waals surface area contributed by atoms with Gasteiger partial charge in [0.05, 0.1) is 0 Å². The van der Waals surface area contributed by atoms with E-state index in [-0.39, 0.29) is 0 Å². The molecule has 1 aliphatic rings. The van der Waals surface area contributed by atoms with Gasteiger partial charge in [0.2, 0.25) is 0 Å². The molecule has 1 saturated carbocycles. The van der Waals surface area contributed by atoms with Crippen molar-refractivity contribution in [3.8, 4) is 0 Å². The van der Waals surface area contributed by atoms with Gasteiger partial charge < -0.3 is 0 Å². The Labute approximate surface area is 85.3 Å². The van der Waals surface area contributed by atoms with E-state index < -0.39 is 0 Å². The molecular weight excluding hydrogens is 212 g/mol. The predicted molar refractivity (Wildman–Crippen MR) is 58.7 cm³/mol. The Bertz CT molecular complexity index is 138. The van der Waals surface area contributed by atoms with Crippen LogP contribution in [0.25, 0.3) is 0 Å². The van der Waals surface area contributed by atoms with Crippen LogP contribution in [0.3, 0.4) is 0 Å². The fourth-order valence-electron chi connectivity index (χ4n) is 2.52. The lowest BCUT2D eigenvalue weighted by Gasteiger charge is -2.35. The highest BCUT2D eigenvalue weighted by molar-refractivity contribution is 9.09.